The average Bonchev–Trinajstić information content (AvgIpc) is 3.64. The van der Waals surface area contributed by atoms with Crippen LogP contribution in [0.15, 0.2) is 54.6 Å². The summed E-state index contributed by atoms with van der Waals surface area (Å²) in [6.07, 6.45) is 9.32. The fraction of sp³-hybridized carbons (Fsp3) is 0.576. The number of likely N-dealkylation sites (tertiary alicyclic amines) is 1. The number of aliphatic hydroxyl groups is 1. The van der Waals surface area contributed by atoms with Crippen molar-refractivity contribution in [2.24, 2.45) is 11.8 Å². The molecule has 43 heavy (non-hydrogen) atoms. The number of ether oxygens (including phenoxy) is 2. The number of hydrogen-bond acceptors (Lipinski definition) is 7. The number of allylic oxidation sites excluding steroid dienone is 1. The van der Waals surface area contributed by atoms with Crippen LogP contribution < -0.4 is 5.32 Å². The molecule has 0 radical (unpaired) electrons. The summed E-state index contributed by atoms with van der Waals surface area (Å²) >= 11 is 0. The second-order valence-corrected chi connectivity index (χ2v) is 11.9. The van der Waals surface area contributed by atoms with E-state index in [2.05, 4.69) is 12.2 Å². The number of esters is 1. The van der Waals surface area contributed by atoms with E-state index in [1.165, 1.54) is 0 Å². The van der Waals surface area contributed by atoms with Gasteiger partial charge in [0.1, 0.15) is 23.7 Å². The number of nitrogens with one attached hydrogen (secondary N) is 1. The summed E-state index contributed by atoms with van der Waals surface area (Å²) in [5.41, 5.74) is -0.569. The van der Waals surface area contributed by atoms with E-state index in [0.717, 1.165) is 18.4 Å². The van der Waals surface area contributed by atoms with Crippen LogP contribution in [0.1, 0.15) is 64.0 Å². The van der Waals surface area contributed by atoms with Crippen LogP contribution in [-0.2, 0) is 28.7 Å². The summed E-state index contributed by atoms with van der Waals surface area (Å²) in [6, 6.07) is 8.15. The third-order valence-electron chi connectivity index (χ3n) is 9.13. The minimum Gasteiger partial charge on any atom is -0.455 e. The molecule has 0 saturated carbocycles. The SMILES string of the molecule is CCCC(C)N1C/C=C\CCC(=O)NC[C@H](c2ccccc2)OC(=O)[C@@H]2[C@H]3C(=O)N(CCCCO)[C@H](C1=O)[C@]31C=C[C@H]2O1. The fourth-order valence-corrected chi connectivity index (χ4v) is 7.00. The first-order valence-corrected chi connectivity index (χ1v) is 15.6. The van der Waals surface area contributed by atoms with Crippen LogP contribution in [0, 0.1) is 11.8 Å². The molecule has 0 aliphatic carbocycles. The van der Waals surface area contributed by atoms with Gasteiger partial charge in [0.15, 0.2) is 0 Å². The van der Waals surface area contributed by atoms with Gasteiger partial charge in [-0.3, -0.25) is 19.2 Å². The Kier molecular flexibility index (Phi) is 9.66. The maximum atomic E-state index is 14.6. The van der Waals surface area contributed by atoms with Gasteiger partial charge in [-0.1, -0.05) is 68.0 Å². The van der Waals surface area contributed by atoms with Gasteiger partial charge in [0, 0.05) is 32.2 Å². The smallest absolute Gasteiger partial charge is 0.313 e. The Morgan fingerprint density at radius 1 is 1.09 bits per heavy atom. The summed E-state index contributed by atoms with van der Waals surface area (Å²) in [5, 5.41) is 12.3. The van der Waals surface area contributed by atoms with E-state index in [1.807, 2.05) is 49.4 Å². The van der Waals surface area contributed by atoms with Gasteiger partial charge in [-0.15, -0.1) is 0 Å². The van der Waals surface area contributed by atoms with Gasteiger partial charge in [0.05, 0.1) is 18.6 Å². The molecule has 0 aromatic heterocycles. The van der Waals surface area contributed by atoms with Gasteiger partial charge >= 0.3 is 5.97 Å². The molecule has 2 fully saturated rings. The van der Waals surface area contributed by atoms with E-state index in [0.29, 0.717) is 25.8 Å². The standard InChI is InChI=1S/C33H43N3O7/c1-3-12-22(2)35-18-9-5-8-15-26(38)34-21-25(23-13-6-4-7-14-23)42-32(41)27-24-16-17-33(43-24)28(27)30(39)36(19-10-11-20-37)29(33)31(35)40/h4-7,9,13-14,16-17,22,24-25,27-29,37H,3,8,10-12,15,18-21H2,1-2H3,(H,34,38)/b9-5-/t22?,24-,25-,27+,28+,29-,33+/m1/s1. The highest BCUT2D eigenvalue weighted by Crippen LogP contribution is 2.56. The van der Waals surface area contributed by atoms with Gasteiger partial charge in [-0.05, 0) is 38.2 Å². The number of fused-ring (bicyclic) bond motifs is 2. The molecule has 2 N–H and O–H groups in total. The second kappa shape index (κ2) is 13.4. The molecule has 3 amide bonds. The maximum Gasteiger partial charge on any atom is 0.313 e. The van der Waals surface area contributed by atoms with Crippen molar-refractivity contribution >= 4 is 23.7 Å². The Morgan fingerprint density at radius 2 is 1.88 bits per heavy atom. The minimum atomic E-state index is -1.29. The summed E-state index contributed by atoms with van der Waals surface area (Å²) in [5.74, 6) is -3.16. The Morgan fingerprint density at radius 3 is 2.63 bits per heavy atom. The van der Waals surface area contributed by atoms with Gasteiger partial charge in [0.25, 0.3) is 0 Å². The molecule has 1 aromatic carbocycles. The van der Waals surface area contributed by atoms with Crippen molar-refractivity contribution in [1.29, 1.82) is 0 Å². The Labute approximate surface area is 253 Å². The van der Waals surface area contributed by atoms with Crippen molar-refractivity contribution in [3.8, 4) is 0 Å². The number of amides is 3. The number of carbonyl (C=O) groups is 4. The Balaban J connectivity index is 1.55. The number of nitrogens with zero attached hydrogens (tertiary/aromatic N) is 2. The van der Waals surface area contributed by atoms with Crippen molar-refractivity contribution in [2.75, 3.05) is 26.2 Å². The molecule has 2 saturated heterocycles. The number of rotatable bonds is 8. The van der Waals surface area contributed by atoms with Crippen LogP contribution in [0.4, 0.5) is 0 Å². The van der Waals surface area contributed by atoms with Gasteiger partial charge in [-0.25, -0.2) is 0 Å². The lowest BCUT2D eigenvalue weighted by molar-refractivity contribution is -0.159. The van der Waals surface area contributed by atoms with E-state index < -0.39 is 41.7 Å². The second-order valence-electron chi connectivity index (χ2n) is 11.9. The molecule has 1 unspecified atom stereocenters. The monoisotopic (exact) mass is 593 g/mol. The van der Waals surface area contributed by atoms with Gasteiger partial charge in [0.2, 0.25) is 17.7 Å². The van der Waals surface area contributed by atoms with Gasteiger partial charge in [-0.2, -0.15) is 0 Å². The molecule has 4 aliphatic rings. The lowest BCUT2D eigenvalue weighted by Crippen LogP contribution is -2.57. The van der Waals surface area contributed by atoms with Crippen LogP contribution in [0.3, 0.4) is 0 Å². The molecule has 5 rings (SSSR count). The summed E-state index contributed by atoms with van der Waals surface area (Å²) in [4.78, 5) is 58.7. The number of hydrogen-bond donors (Lipinski definition) is 2. The van der Waals surface area contributed by atoms with E-state index in [9.17, 15) is 24.3 Å². The molecule has 7 atom stereocenters. The Hall–Kier alpha value is -3.50. The predicted octanol–water partition coefficient (Wildman–Crippen LogP) is 2.68. The molecular formula is C33H43N3O7. The highest BCUT2D eigenvalue weighted by atomic mass is 16.6. The minimum absolute atomic E-state index is 0.0233. The molecular weight excluding hydrogens is 550 g/mol. The zero-order chi connectivity index (χ0) is 30.6. The first kappa shape index (κ1) is 30.9. The van der Waals surface area contributed by atoms with Gasteiger partial charge < -0.3 is 29.7 Å². The molecule has 10 nitrogen and oxygen atoms in total. The zero-order valence-corrected chi connectivity index (χ0v) is 25.0. The first-order chi connectivity index (χ1) is 20.8. The topological polar surface area (TPSA) is 125 Å². The van der Waals surface area contributed by atoms with Crippen LogP contribution in [0.25, 0.3) is 0 Å². The molecule has 1 spiro atoms. The lowest BCUT2D eigenvalue weighted by atomic mass is 9.74. The van der Waals surface area contributed by atoms with Crippen LogP contribution in [0.2, 0.25) is 0 Å². The van der Waals surface area contributed by atoms with Crippen LogP contribution >= 0.6 is 0 Å². The first-order valence-electron chi connectivity index (χ1n) is 15.6. The van der Waals surface area contributed by atoms with Crippen LogP contribution in [-0.4, -0.2) is 88.6 Å². The molecule has 10 heteroatoms. The zero-order valence-electron chi connectivity index (χ0n) is 25.0. The lowest BCUT2D eigenvalue weighted by Gasteiger charge is -2.38. The van der Waals surface area contributed by atoms with E-state index in [4.69, 9.17) is 9.47 Å². The molecule has 5 bridgehead atoms. The largest absolute Gasteiger partial charge is 0.455 e. The molecule has 1 aromatic rings. The number of unbranched alkanes of at least 4 members (excludes halogenated alkanes) is 1. The molecule has 232 valence electrons. The van der Waals surface area contributed by atoms with Crippen molar-refractivity contribution < 1.29 is 33.8 Å². The number of aliphatic hydroxyl groups excluding tert-OH is 1. The van der Waals surface area contributed by atoms with Crippen molar-refractivity contribution in [1.82, 2.24) is 15.1 Å². The third kappa shape index (κ3) is 5.99. The maximum absolute atomic E-state index is 14.6. The molecule has 4 heterocycles. The van der Waals surface area contributed by atoms with E-state index >= 15 is 0 Å². The molecule has 4 aliphatic heterocycles. The normalized spacial score (nSPS) is 32.5. The summed E-state index contributed by atoms with van der Waals surface area (Å²) in [6.45, 7) is 4.72. The Bertz CT molecular complexity index is 1250. The van der Waals surface area contributed by atoms with E-state index in [-0.39, 0.29) is 49.9 Å². The summed E-state index contributed by atoms with van der Waals surface area (Å²) < 4.78 is 12.6. The predicted molar refractivity (Wildman–Crippen MR) is 158 cm³/mol. The highest BCUT2D eigenvalue weighted by Gasteiger charge is 2.73. The number of carbonyl (C=O) groups excluding carboxylic acids is 4. The van der Waals surface area contributed by atoms with Crippen molar-refractivity contribution in [3.05, 3.63) is 60.2 Å². The fourth-order valence-electron chi connectivity index (χ4n) is 7.00. The number of benzene rings is 1. The van der Waals surface area contributed by atoms with E-state index in [1.54, 1.807) is 22.0 Å². The quantitative estimate of drug-likeness (QED) is 0.270. The van der Waals surface area contributed by atoms with Crippen molar-refractivity contribution in [3.63, 3.8) is 0 Å². The average molecular weight is 594 g/mol. The van der Waals surface area contributed by atoms with Crippen LogP contribution in [0.5, 0.6) is 0 Å². The van der Waals surface area contributed by atoms with Crippen molar-refractivity contribution in [2.45, 2.75) is 82.3 Å². The third-order valence-corrected chi connectivity index (χ3v) is 9.13. The number of cyclic esters (lactones) is 1. The highest BCUT2D eigenvalue weighted by molar-refractivity contribution is 5.99. The summed E-state index contributed by atoms with van der Waals surface area (Å²) in [7, 11) is 0.